The summed E-state index contributed by atoms with van der Waals surface area (Å²) < 4.78 is 5.72. The lowest BCUT2D eigenvalue weighted by Gasteiger charge is -2.29. The van der Waals surface area contributed by atoms with Crippen molar-refractivity contribution in [3.63, 3.8) is 0 Å². The Hall–Kier alpha value is -2.24. The van der Waals surface area contributed by atoms with E-state index in [4.69, 9.17) is 27.9 Å². The van der Waals surface area contributed by atoms with E-state index in [1.807, 2.05) is 45.9 Å². The molecule has 0 aliphatic heterocycles. The van der Waals surface area contributed by atoms with Gasteiger partial charge in [0.1, 0.15) is 11.8 Å². The van der Waals surface area contributed by atoms with E-state index >= 15 is 0 Å². The summed E-state index contributed by atoms with van der Waals surface area (Å²) in [6.07, 6.45) is 0. The molecule has 2 aromatic rings. The Morgan fingerprint density at radius 3 is 2.35 bits per heavy atom. The maximum Gasteiger partial charge on any atom is 0.261 e. The smallest absolute Gasteiger partial charge is 0.261 e. The standard InChI is InChI=1S/C24H30Cl2N2O3/c1-15(2)12-27-24(30)18(5)28(13-19-7-8-20(25)11-22(19)26)23(29)14-31-21-9-6-16(3)17(4)10-21/h6-11,15,18H,12-14H2,1-5H3,(H,27,30)/t18-/m0/s1. The number of carbonyl (C=O) groups excluding carboxylic acids is 2. The summed E-state index contributed by atoms with van der Waals surface area (Å²) in [6, 6.07) is 10.1. The van der Waals surface area contributed by atoms with Gasteiger partial charge in [0.25, 0.3) is 5.91 Å². The maximum atomic E-state index is 13.1. The number of nitrogens with zero attached hydrogens (tertiary/aromatic N) is 1. The highest BCUT2D eigenvalue weighted by atomic mass is 35.5. The van der Waals surface area contributed by atoms with Crippen molar-refractivity contribution in [2.75, 3.05) is 13.2 Å². The highest BCUT2D eigenvalue weighted by Crippen LogP contribution is 2.23. The highest BCUT2D eigenvalue weighted by molar-refractivity contribution is 6.35. The average Bonchev–Trinajstić information content (AvgIpc) is 2.71. The molecule has 5 nitrogen and oxygen atoms in total. The van der Waals surface area contributed by atoms with Crippen LogP contribution in [0.2, 0.25) is 10.0 Å². The van der Waals surface area contributed by atoms with Crippen LogP contribution in [0.15, 0.2) is 36.4 Å². The molecule has 1 atom stereocenters. The van der Waals surface area contributed by atoms with Gasteiger partial charge in [-0.15, -0.1) is 0 Å². The zero-order chi connectivity index (χ0) is 23.1. The third-order valence-electron chi connectivity index (χ3n) is 5.05. The first-order valence-corrected chi connectivity index (χ1v) is 11.0. The first-order chi connectivity index (χ1) is 14.6. The molecule has 0 fully saturated rings. The van der Waals surface area contributed by atoms with Gasteiger partial charge in [0, 0.05) is 23.1 Å². The van der Waals surface area contributed by atoms with Gasteiger partial charge in [0.05, 0.1) is 0 Å². The Kier molecular flexibility index (Phi) is 9.20. The number of ether oxygens (including phenoxy) is 1. The van der Waals surface area contributed by atoms with Crippen molar-refractivity contribution >= 4 is 35.0 Å². The van der Waals surface area contributed by atoms with Crippen LogP contribution in [-0.4, -0.2) is 35.9 Å². The summed E-state index contributed by atoms with van der Waals surface area (Å²) in [4.78, 5) is 27.2. The van der Waals surface area contributed by atoms with E-state index in [9.17, 15) is 9.59 Å². The summed E-state index contributed by atoms with van der Waals surface area (Å²) in [5.74, 6) is 0.381. The molecule has 0 aliphatic rings. The summed E-state index contributed by atoms with van der Waals surface area (Å²) in [5, 5.41) is 3.83. The monoisotopic (exact) mass is 464 g/mol. The number of aryl methyl sites for hydroxylation is 2. The molecule has 0 radical (unpaired) electrons. The van der Waals surface area contributed by atoms with Gasteiger partial charge in [0.2, 0.25) is 5.91 Å². The average molecular weight is 465 g/mol. The van der Waals surface area contributed by atoms with Crippen LogP contribution >= 0.6 is 23.2 Å². The molecule has 2 aromatic carbocycles. The Morgan fingerprint density at radius 1 is 1.03 bits per heavy atom. The number of hydrogen-bond acceptors (Lipinski definition) is 3. The van der Waals surface area contributed by atoms with Crippen LogP contribution < -0.4 is 10.1 Å². The van der Waals surface area contributed by atoms with E-state index in [2.05, 4.69) is 5.32 Å². The first-order valence-electron chi connectivity index (χ1n) is 10.3. The topological polar surface area (TPSA) is 58.6 Å². The summed E-state index contributed by atoms with van der Waals surface area (Å²) in [6.45, 7) is 10.2. The molecule has 0 heterocycles. The predicted molar refractivity (Wildman–Crippen MR) is 126 cm³/mol. The number of benzene rings is 2. The van der Waals surface area contributed by atoms with Crippen molar-refractivity contribution in [1.29, 1.82) is 0 Å². The number of nitrogens with one attached hydrogen (secondary N) is 1. The van der Waals surface area contributed by atoms with E-state index in [0.717, 1.165) is 11.1 Å². The summed E-state index contributed by atoms with van der Waals surface area (Å²) in [7, 11) is 0. The molecular weight excluding hydrogens is 435 g/mol. The Bertz CT molecular complexity index is 931. The van der Waals surface area contributed by atoms with Crippen LogP contribution in [0.4, 0.5) is 0 Å². The molecule has 0 bridgehead atoms. The SMILES string of the molecule is Cc1ccc(OCC(=O)N(Cc2ccc(Cl)cc2Cl)[C@@H](C)C(=O)NCC(C)C)cc1C. The van der Waals surface area contributed by atoms with E-state index < -0.39 is 6.04 Å². The van der Waals surface area contributed by atoms with Crippen molar-refractivity contribution in [2.24, 2.45) is 5.92 Å². The molecule has 0 aliphatic carbocycles. The van der Waals surface area contributed by atoms with Gasteiger partial charge in [-0.2, -0.15) is 0 Å². The summed E-state index contributed by atoms with van der Waals surface area (Å²) in [5.41, 5.74) is 2.93. The van der Waals surface area contributed by atoms with E-state index in [0.29, 0.717) is 33.8 Å². The van der Waals surface area contributed by atoms with Gasteiger partial charge in [0.15, 0.2) is 6.61 Å². The molecule has 1 N–H and O–H groups in total. The molecule has 7 heteroatoms. The van der Waals surface area contributed by atoms with Crippen molar-refractivity contribution in [1.82, 2.24) is 10.2 Å². The number of hydrogen-bond donors (Lipinski definition) is 1. The van der Waals surface area contributed by atoms with Gasteiger partial charge < -0.3 is 15.0 Å². The molecule has 2 rings (SSSR count). The van der Waals surface area contributed by atoms with Gasteiger partial charge >= 0.3 is 0 Å². The predicted octanol–water partition coefficient (Wildman–Crippen LogP) is 5.18. The van der Waals surface area contributed by atoms with Gasteiger partial charge in [-0.25, -0.2) is 0 Å². The molecular formula is C24H30Cl2N2O3. The Morgan fingerprint density at radius 2 is 1.74 bits per heavy atom. The minimum Gasteiger partial charge on any atom is -0.484 e. The number of amides is 2. The molecule has 0 aromatic heterocycles. The normalized spacial score (nSPS) is 11.9. The zero-order valence-corrected chi connectivity index (χ0v) is 20.2. The van der Waals surface area contributed by atoms with Crippen LogP contribution in [0, 0.1) is 19.8 Å². The van der Waals surface area contributed by atoms with Crippen molar-refractivity contribution in [3.05, 3.63) is 63.1 Å². The molecule has 0 unspecified atom stereocenters. The first kappa shape index (κ1) is 25.0. The third-order valence-corrected chi connectivity index (χ3v) is 5.64. The van der Waals surface area contributed by atoms with Gasteiger partial charge in [-0.3, -0.25) is 9.59 Å². The second kappa shape index (κ2) is 11.4. The fourth-order valence-electron chi connectivity index (χ4n) is 2.90. The third kappa shape index (κ3) is 7.44. The van der Waals surface area contributed by atoms with Crippen molar-refractivity contribution in [3.8, 4) is 5.75 Å². The van der Waals surface area contributed by atoms with Gasteiger partial charge in [-0.05, 0) is 67.6 Å². The van der Waals surface area contributed by atoms with Crippen molar-refractivity contribution in [2.45, 2.75) is 47.2 Å². The lowest BCUT2D eigenvalue weighted by Crippen LogP contribution is -2.49. The molecule has 168 valence electrons. The van der Waals surface area contributed by atoms with Crippen LogP contribution in [0.1, 0.15) is 37.5 Å². The van der Waals surface area contributed by atoms with Gasteiger partial charge in [-0.1, -0.05) is 49.2 Å². The second-order valence-electron chi connectivity index (χ2n) is 8.11. The number of carbonyl (C=O) groups is 2. The van der Waals surface area contributed by atoms with Crippen LogP contribution in [0.3, 0.4) is 0 Å². The fraction of sp³-hybridized carbons (Fsp3) is 0.417. The molecule has 0 spiro atoms. The van der Waals surface area contributed by atoms with Crippen molar-refractivity contribution < 1.29 is 14.3 Å². The molecule has 2 amide bonds. The van der Waals surface area contributed by atoms with E-state index in [1.54, 1.807) is 25.1 Å². The van der Waals surface area contributed by atoms with Crippen LogP contribution in [0.25, 0.3) is 0 Å². The zero-order valence-electron chi connectivity index (χ0n) is 18.7. The molecule has 0 saturated carbocycles. The molecule has 31 heavy (non-hydrogen) atoms. The van der Waals surface area contributed by atoms with E-state index in [-0.39, 0.29) is 25.0 Å². The minimum absolute atomic E-state index is 0.168. The van der Waals surface area contributed by atoms with Crippen LogP contribution in [0.5, 0.6) is 5.75 Å². The summed E-state index contributed by atoms with van der Waals surface area (Å²) >= 11 is 12.3. The minimum atomic E-state index is -0.693. The maximum absolute atomic E-state index is 13.1. The quantitative estimate of drug-likeness (QED) is 0.555. The lowest BCUT2D eigenvalue weighted by atomic mass is 10.1. The number of rotatable bonds is 9. The highest BCUT2D eigenvalue weighted by Gasteiger charge is 2.27. The Labute approximate surface area is 194 Å². The van der Waals surface area contributed by atoms with E-state index in [1.165, 1.54) is 4.90 Å². The molecule has 0 saturated heterocycles. The fourth-order valence-corrected chi connectivity index (χ4v) is 3.37. The second-order valence-corrected chi connectivity index (χ2v) is 8.95. The van der Waals surface area contributed by atoms with Crippen LogP contribution in [-0.2, 0) is 16.1 Å². The largest absolute Gasteiger partial charge is 0.484 e. The number of halogens is 2. The Balaban J connectivity index is 2.19. The lowest BCUT2D eigenvalue weighted by molar-refractivity contribution is -0.142.